The van der Waals surface area contributed by atoms with E-state index in [0.29, 0.717) is 5.46 Å². The lowest BCUT2D eigenvalue weighted by Crippen LogP contribution is -2.29. The number of fused-ring (bicyclic) bond motifs is 3. The second-order valence-electron chi connectivity index (χ2n) is 5.69. The summed E-state index contributed by atoms with van der Waals surface area (Å²) in [5, 5.41) is 18.9. The molecule has 1 aliphatic rings. The molecule has 0 saturated carbocycles. The lowest BCUT2D eigenvalue weighted by Gasteiger charge is -2.05. The highest BCUT2D eigenvalue weighted by molar-refractivity contribution is 6.58. The molecule has 0 amide bonds. The Morgan fingerprint density at radius 3 is 2.04 bits per heavy atom. The fraction of sp³-hybridized carbons (Fsp3) is 0. The topological polar surface area (TPSA) is 40.5 Å². The van der Waals surface area contributed by atoms with Gasteiger partial charge in [0.15, 0.2) is 0 Å². The van der Waals surface area contributed by atoms with Crippen LogP contribution in [0.4, 0.5) is 0 Å². The van der Waals surface area contributed by atoms with Gasteiger partial charge in [-0.1, -0.05) is 72.8 Å². The monoisotopic (exact) mass is 298 g/mol. The highest BCUT2D eigenvalue weighted by Crippen LogP contribution is 2.44. The Kier molecular flexibility index (Phi) is 3.38. The van der Waals surface area contributed by atoms with Crippen molar-refractivity contribution in [1.82, 2.24) is 0 Å². The minimum Gasteiger partial charge on any atom is -0.423 e. The van der Waals surface area contributed by atoms with Gasteiger partial charge in [-0.05, 0) is 44.9 Å². The van der Waals surface area contributed by atoms with Crippen LogP contribution < -0.4 is 5.46 Å². The van der Waals surface area contributed by atoms with Gasteiger partial charge in [-0.3, -0.25) is 0 Å². The van der Waals surface area contributed by atoms with Gasteiger partial charge >= 0.3 is 7.12 Å². The summed E-state index contributed by atoms with van der Waals surface area (Å²) in [6.07, 6.45) is 2.18. The molecule has 2 N–H and O–H groups in total. The van der Waals surface area contributed by atoms with E-state index in [-0.39, 0.29) is 0 Å². The summed E-state index contributed by atoms with van der Waals surface area (Å²) in [6.45, 7) is 0. The number of rotatable bonds is 2. The minimum atomic E-state index is -1.45. The standard InChI is InChI=1S/C20H15BO2/c22-21(23)15-10-11-18-19(12-14-6-2-1-3-7-14)16-8-4-5-9-17(16)20(18)13-15/h1-13,22-23H/b19-12-. The van der Waals surface area contributed by atoms with Crippen molar-refractivity contribution < 1.29 is 10.0 Å². The molecular formula is C20H15BO2. The summed E-state index contributed by atoms with van der Waals surface area (Å²) in [5.41, 5.74) is 7.31. The third kappa shape index (κ3) is 2.40. The van der Waals surface area contributed by atoms with E-state index in [4.69, 9.17) is 0 Å². The molecule has 1 aliphatic carbocycles. The molecule has 0 unspecified atom stereocenters. The van der Waals surface area contributed by atoms with Crippen LogP contribution in [-0.2, 0) is 0 Å². The zero-order chi connectivity index (χ0) is 15.8. The number of hydrogen-bond donors (Lipinski definition) is 2. The van der Waals surface area contributed by atoms with Crippen LogP contribution in [-0.4, -0.2) is 17.2 Å². The predicted octanol–water partition coefficient (Wildman–Crippen LogP) is 2.94. The van der Waals surface area contributed by atoms with Crippen LogP contribution in [0.15, 0.2) is 72.8 Å². The van der Waals surface area contributed by atoms with Gasteiger partial charge in [0.25, 0.3) is 0 Å². The summed E-state index contributed by atoms with van der Waals surface area (Å²) >= 11 is 0. The number of benzene rings is 3. The molecule has 0 atom stereocenters. The molecule has 110 valence electrons. The van der Waals surface area contributed by atoms with E-state index >= 15 is 0 Å². The normalized spacial score (nSPS) is 13.7. The largest absolute Gasteiger partial charge is 0.488 e. The molecule has 3 heteroatoms. The molecule has 0 radical (unpaired) electrons. The van der Waals surface area contributed by atoms with E-state index in [9.17, 15) is 10.0 Å². The zero-order valence-corrected chi connectivity index (χ0v) is 12.5. The molecule has 0 saturated heterocycles. The van der Waals surface area contributed by atoms with Gasteiger partial charge in [0.05, 0.1) is 0 Å². The average Bonchev–Trinajstić information content (AvgIpc) is 2.90. The molecule has 23 heavy (non-hydrogen) atoms. The maximum atomic E-state index is 9.44. The lowest BCUT2D eigenvalue weighted by molar-refractivity contribution is 0.426. The minimum absolute atomic E-state index is 0.513. The summed E-state index contributed by atoms with van der Waals surface area (Å²) in [6, 6.07) is 24.1. The highest BCUT2D eigenvalue weighted by atomic mass is 16.4. The van der Waals surface area contributed by atoms with Crippen molar-refractivity contribution in [2.75, 3.05) is 0 Å². The van der Waals surface area contributed by atoms with Crippen molar-refractivity contribution in [3.63, 3.8) is 0 Å². The van der Waals surface area contributed by atoms with E-state index in [1.54, 1.807) is 6.07 Å². The molecule has 3 aromatic rings. The second kappa shape index (κ2) is 5.54. The smallest absolute Gasteiger partial charge is 0.423 e. The van der Waals surface area contributed by atoms with Gasteiger partial charge in [0.2, 0.25) is 0 Å². The van der Waals surface area contributed by atoms with Gasteiger partial charge in [-0.2, -0.15) is 0 Å². The summed E-state index contributed by atoms with van der Waals surface area (Å²) in [5.74, 6) is 0. The first kappa shape index (κ1) is 14.0. The van der Waals surface area contributed by atoms with E-state index in [1.165, 1.54) is 11.1 Å². The van der Waals surface area contributed by atoms with Gasteiger partial charge < -0.3 is 10.0 Å². The van der Waals surface area contributed by atoms with Crippen LogP contribution in [0, 0.1) is 0 Å². The lowest BCUT2D eigenvalue weighted by atomic mass is 9.78. The molecule has 0 aliphatic heterocycles. The fourth-order valence-corrected chi connectivity index (χ4v) is 3.15. The van der Waals surface area contributed by atoms with Crippen molar-refractivity contribution in [3.05, 3.63) is 89.5 Å². The Morgan fingerprint density at radius 2 is 1.30 bits per heavy atom. The molecule has 0 spiro atoms. The van der Waals surface area contributed by atoms with Crippen LogP contribution in [0.2, 0.25) is 0 Å². The highest BCUT2D eigenvalue weighted by Gasteiger charge is 2.24. The van der Waals surface area contributed by atoms with Crippen LogP contribution >= 0.6 is 0 Å². The SMILES string of the molecule is OB(O)c1ccc2c(c1)-c1ccccc1/C2=C/c1ccccc1. The predicted molar refractivity (Wildman–Crippen MR) is 95.1 cm³/mol. The van der Waals surface area contributed by atoms with E-state index in [1.807, 2.05) is 42.5 Å². The third-order valence-electron chi connectivity index (χ3n) is 4.25. The van der Waals surface area contributed by atoms with Crippen LogP contribution in [0.5, 0.6) is 0 Å². The first-order valence-corrected chi connectivity index (χ1v) is 7.61. The van der Waals surface area contributed by atoms with Gasteiger partial charge in [-0.25, -0.2) is 0 Å². The maximum absolute atomic E-state index is 9.44. The van der Waals surface area contributed by atoms with Crippen LogP contribution in [0.1, 0.15) is 16.7 Å². The molecule has 0 fully saturated rings. The Balaban J connectivity index is 1.95. The van der Waals surface area contributed by atoms with Crippen LogP contribution in [0.3, 0.4) is 0 Å². The zero-order valence-electron chi connectivity index (χ0n) is 12.5. The van der Waals surface area contributed by atoms with Crippen molar-refractivity contribution in [2.45, 2.75) is 0 Å². The third-order valence-corrected chi connectivity index (χ3v) is 4.25. The van der Waals surface area contributed by atoms with Crippen LogP contribution in [0.25, 0.3) is 22.8 Å². The second-order valence-corrected chi connectivity index (χ2v) is 5.69. The van der Waals surface area contributed by atoms with Gasteiger partial charge in [0, 0.05) is 0 Å². The molecule has 0 heterocycles. The summed E-state index contributed by atoms with van der Waals surface area (Å²) in [4.78, 5) is 0. The Morgan fingerprint density at radius 1 is 0.652 bits per heavy atom. The van der Waals surface area contributed by atoms with Crippen molar-refractivity contribution in [1.29, 1.82) is 0 Å². The van der Waals surface area contributed by atoms with E-state index in [2.05, 4.69) is 30.3 Å². The molecule has 3 aromatic carbocycles. The fourth-order valence-electron chi connectivity index (χ4n) is 3.15. The molecule has 0 bridgehead atoms. The Bertz CT molecular complexity index is 899. The van der Waals surface area contributed by atoms with Crippen molar-refractivity contribution in [2.24, 2.45) is 0 Å². The molecule has 4 rings (SSSR count). The maximum Gasteiger partial charge on any atom is 0.488 e. The number of hydrogen-bond acceptors (Lipinski definition) is 2. The Hall–Kier alpha value is -2.62. The summed E-state index contributed by atoms with van der Waals surface area (Å²) in [7, 11) is -1.45. The average molecular weight is 298 g/mol. The first-order chi connectivity index (χ1) is 11.2. The van der Waals surface area contributed by atoms with Gasteiger partial charge in [0.1, 0.15) is 0 Å². The molecule has 2 nitrogen and oxygen atoms in total. The quantitative estimate of drug-likeness (QED) is 0.559. The van der Waals surface area contributed by atoms with Gasteiger partial charge in [-0.15, -0.1) is 0 Å². The van der Waals surface area contributed by atoms with E-state index < -0.39 is 7.12 Å². The summed E-state index contributed by atoms with van der Waals surface area (Å²) < 4.78 is 0. The van der Waals surface area contributed by atoms with Crippen molar-refractivity contribution in [3.8, 4) is 11.1 Å². The first-order valence-electron chi connectivity index (χ1n) is 7.61. The van der Waals surface area contributed by atoms with E-state index in [0.717, 1.165) is 22.3 Å². The molecule has 0 aromatic heterocycles. The molecular weight excluding hydrogens is 283 g/mol. The van der Waals surface area contributed by atoms with Crippen molar-refractivity contribution >= 4 is 24.2 Å². The Labute approximate surface area is 135 Å².